The summed E-state index contributed by atoms with van der Waals surface area (Å²) in [6.07, 6.45) is 5.15. The summed E-state index contributed by atoms with van der Waals surface area (Å²) in [6, 6.07) is 13.4. The van der Waals surface area contributed by atoms with E-state index in [4.69, 9.17) is 0 Å². The molecule has 0 atom stereocenters. The van der Waals surface area contributed by atoms with E-state index in [1.165, 1.54) is 12.1 Å². The molecule has 4 aromatic rings. The number of anilines is 1. The van der Waals surface area contributed by atoms with Crippen LogP contribution in [0.2, 0.25) is 0 Å². The molecular weight excluding hydrogens is 343 g/mol. The molecule has 0 spiro atoms. The Morgan fingerprint density at radius 1 is 1.11 bits per heavy atom. The number of hydrogen-bond acceptors (Lipinski definition) is 4. The Bertz CT molecular complexity index is 1150. The fourth-order valence-corrected chi connectivity index (χ4v) is 3.12. The molecule has 0 bridgehead atoms. The van der Waals surface area contributed by atoms with Gasteiger partial charge in [-0.1, -0.05) is 6.07 Å². The molecule has 1 N–H and O–H groups in total. The van der Waals surface area contributed by atoms with Crippen LogP contribution in [0.25, 0.3) is 16.5 Å². The molecule has 27 heavy (non-hydrogen) atoms. The molecule has 0 unspecified atom stereocenters. The van der Waals surface area contributed by atoms with E-state index in [9.17, 15) is 9.18 Å². The maximum atomic E-state index is 13.3. The lowest BCUT2D eigenvalue weighted by Gasteiger charge is -2.14. The van der Waals surface area contributed by atoms with Crippen LogP contribution in [-0.4, -0.2) is 14.5 Å². The van der Waals surface area contributed by atoms with E-state index >= 15 is 0 Å². The lowest BCUT2D eigenvalue weighted by molar-refractivity contribution is 0.627. The molecule has 0 aliphatic rings. The smallest absolute Gasteiger partial charge is 0.266 e. The van der Waals surface area contributed by atoms with Crippen LogP contribution in [0.1, 0.15) is 11.3 Å². The zero-order valence-electron chi connectivity index (χ0n) is 14.7. The van der Waals surface area contributed by atoms with Crippen molar-refractivity contribution in [2.45, 2.75) is 13.5 Å². The van der Waals surface area contributed by atoms with Crippen molar-refractivity contribution in [2.75, 3.05) is 5.32 Å². The van der Waals surface area contributed by atoms with E-state index in [0.717, 1.165) is 16.6 Å². The number of halogens is 1. The Morgan fingerprint density at radius 3 is 2.67 bits per heavy atom. The van der Waals surface area contributed by atoms with Gasteiger partial charge in [-0.2, -0.15) is 0 Å². The molecule has 0 aliphatic heterocycles. The number of aryl methyl sites for hydroxylation is 1. The molecule has 3 heterocycles. The second-order valence-electron chi connectivity index (χ2n) is 6.24. The molecule has 3 aromatic heterocycles. The van der Waals surface area contributed by atoms with Crippen molar-refractivity contribution >= 4 is 16.6 Å². The highest BCUT2D eigenvalue weighted by molar-refractivity contribution is 5.91. The number of nitrogens with zero attached hydrogens (tertiary/aromatic N) is 3. The van der Waals surface area contributed by atoms with Gasteiger partial charge < -0.3 is 5.32 Å². The van der Waals surface area contributed by atoms with Crippen LogP contribution < -0.4 is 10.9 Å². The van der Waals surface area contributed by atoms with Gasteiger partial charge in [0.2, 0.25) is 0 Å². The summed E-state index contributed by atoms with van der Waals surface area (Å²) < 4.78 is 14.8. The third-order valence-electron chi connectivity index (χ3n) is 4.38. The van der Waals surface area contributed by atoms with Crippen LogP contribution in [0.4, 0.5) is 10.2 Å². The van der Waals surface area contributed by atoms with Crippen LogP contribution in [0.5, 0.6) is 0 Å². The fourth-order valence-electron chi connectivity index (χ4n) is 3.12. The zero-order chi connectivity index (χ0) is 18.8. The van der Waals surface area contributed by atoms with Gasteiger partial charge in [-0.05, 0) is 60.3 Å². The summed E-state index contributed by atoms with van der Waals surface area (Å²) in [6.45, 7) is 2.36. The first kappa shape index (κ1) is 16.9. The predicted octanol–water partition coefficient (Wildman–Crippen LogP) is 3.84. The quantitative estimate of drug-likeness (QED) is 0.601. The lowest BCUT2D eigenvalue weighted by atomic mass is 10.1. The molecular formula is C21H17FN4O. The van der Waals surface area contributed by atoms with E-state index in [2.05, 4.69) is 15.3 Å². The molecule has 1 aromatic carbocycles. The zero-order valence-corrected chi connectivity index (χ0v) is 14.7. The molecule has 0 saturated heterocycles. The van der Waals surface area contributed by atoms with Gasteiger partial charge in [-0.3, -0.25) is 14.3 Å². The first-order chi connectivity index (χ1) is 13.1. The summed E-state index contributed by atoms with van der Waals surface area (Å²) in [5, 5.41) is 4.53. The van der Waals surface area contributed by atoms with Crippen molar-refractivity contribution in [3.05, 3.63) is 94.5 Å². The van der Waals surface area contributed by atoms with Crippen LogP contribution in [0, 0.1) is 12.7 Å². The summed E-state index contributed by atoms with van der Waals surface area (Å²) >= 11 is 0. The van der Waals surface area contributed by atoms with E-state index in [-0.39, 0.29) is 11.4 Å². The van der Waals surface area contributed by atoms with Crippen molar-refractivity contribution in [3.63, 3.8) is 0 Å². The average molecular weight is 360 g/mol. The normalized spacial score (nSPS) is 10.9. The molecule has 134 valence electrons. The van der Waals surface area contributed by atoms with Crippen molar-refractivity contribution in [3.8, 4) is 5.69 Å². The second kappa shape index (κ2) is 6.99. The van der Waals surface area contributed by atoms with Crippen molar-refractivity contribution in [1.29, 1.82) is 0 Å². The van der Waals surface area contributed by atoms with Gasteiger partial charge in [0, 0.05) is 36.5 Å². The maximum absolute atomic E-state index is 13.3. The summed E-state index contributed by atoms with van der Waals surface area (Å²) in [5.74, 6) is 0.169. The second-order valence-corrected chi connectivity index (χ2v) is 6.24. The van der Waals surface area contributed by atoms with Crippen molar-refractivity contribution in [1.82, 2.24) is 14.5 Å². The van der Waals surface area contributed by atoms with E-state index in [1.807, 2.05) is 31.2 Å². The average Bonchev–Trinajstić information content (AvgIpc) is 2.68. The van der Waals surface area contributed by atoms with Crippen LogP contribution in [0.3, 0.4) is 0 Å². The first-order valence-corrected chi connectivity index (χ1v) is 8.53. The minimum absolute atomic E-state index is 0.196. The lowest BCUT2D eigenvalue weighted by Crippen LogP contribution is -2.22. The van der Waals surface area contributed by atoms with E-state index < -0.39 is 0 Å². The first-order valence-electron chi connectivity index (χ1n) is 8.53. The van der Waals surface area contributed by atoms with Gasteiger partial charge in [0.15, 0.2) is 0 Å². The third kappa shape index (κ3) is 3.29. The van der Waals surface area contributed by atoms with Gasteiger partial charge in [-0.25, -0.2) is 9.37 Å². The fraction of sp³-hybridized carbons (Fsp3) is 0.0952. The molecule has 4 rings (SSSR count). The highest BCUT2D eigenvalue weighted by Crippen LogP contribution is 2.21. The van der Waals surface area contributed by atoms with Gasteiger partial charge >= 0.3 is 0 Å². The number of pyridine rings is 3. The molecule has 0 fully saturated rings. The Kier molecular flexibility index (Phi) is 4.38. The van der Waals surface area contributed by atoms with Gasteiger partial charge in [-0.15, -0.1) is 0 Å². The summed E-state index contributed by atoms with van der Waals surface area (Å²) in [4.78, 5) is 21.7. The molecule has 6 heteroatoms. The third-order valence-corrected chi connectivity index (χ3v) is 4.38. The highest BCUT2D eigenvalue weighted by Gasteiger charge is 2.13. The van der Waals surface area contributed by atoms with E-state index in [1.54, 1.807) is 35.3 Å². The minimum atomic E-state index is -0.342. The number of rotatable bonds is 4. The topological polar surface area (TPSA) is 59.8 Å². The van der Waals surface area contributed by atoms with E-state index in [0.29, 0.717) is 23.4 Å². The number of nitrogens with one attached hydrogen (secondary N) is 1. The van der Waals surface area contributed by atoms with Crippen LogP contribution in [-0.2, 0) is 6.54 Å². The Labute approximate surface area is 155 Å². The number of benzene rings is 1. The number of hydrogen-bond donors (Lipinski definition) is 1. The molecule has 0 radical (unpaired) electrons. The van der Waals surface area contributed by atoms with Gasteiger partial charge in [0.1, 0.15) is 11.6 Å². The number of fused-ring (bicyclic) bond motifs is 1. The summed E-state index contributed by atoms with van der Waals surface area (Å²) in [7, 11) is 0. The Hall–Kier alpha value is -3.54. The molecule has 5 nitrogen and oxygen atoms in total. The predicted molar refractivity (Wildman–Crippen MR) is 104 cm³/mol. The maximum Gasteiger partial charge on any atom is 0.266 e. The highest BCUT2D eigenvalue weighted by atomic mass is 19.1. The SMILES string of the molecule is Cc1cc2ccnc(NCc3cccnc3)c2c(=O)n1-c1ccc(F)cc1. The number of aromatic nitrogens is 3. The molecule has 0 amide bonds. The van der Waals surface area contributed by atoms with Crippen LogP contribution >= 0.6 is 0 Å². The standard InChI is InChI=1S/C21H17FN4O/c1-14-11-16-8-10-24-20(25-13-15-3-2-9-23-12-15)19(16)21(27)26(14)18-6-4-17(22)5-7-18/h2-12H,13H2,1H3,(H,24,25). The van der Waals surface area contributed by atoms with Crippen molar-refractivity contribution in [2.24, 2.45) is 0 Å². The summed E-state index contributed by atoms with van der Waals surface area (Å²) in [5.41, 5.74) is 2.17. The molecule has 0 aliphatic carbocycles. The monoisotopic (exact) mass is 360 g/mol. The van der Waals surface area contributed by atoms with Gasteiger partial charge in [0.05, 0.1) is 5.39 Å². The minimum Gasteiger partial charge on any atom is -0.365 e. The Morgan fingerprint density at radius 2 is 1.93 bits per heavy atom. The molecule has 0 saturated carbocycles. The van der Waals surface area contributed by atoms with Crippen molar-refractivity contribution < 1.29 is 4.39 Å². The van der Waals surface area contributed by atoms with Crippen LogP contribution in [0.15, 0.2) is 71.9 Å². The Balaban J connectivity index is 1.83. The largest absolute Gasteiger partial charge is 0.365 e. The van der Waals surface area contributed by atoms with Gasteiger partial charge in [0.25, 0.3) is 5.56 Å².